The highest BCUT2D eigenvalue weighted by atomic mass is 127. The van der Waals surface area contributed by atoms with Gasteiger partial charge < -0.3 is 5.11 Å². The maximum Gasteiger partial charge on any atom is 0.126 e. The van der Waals surface area contributed by atoms with Gasteiger partial charge in [0.15, 0.2) is 0 Å². The molecule has 1 unspecified atom stereocenters. The standard InChI is InChI=1S/C6H11IO/c1-3-4-5(2)6(7)8/h6,8H,2-4H2,1H3. The van der Waals surface area contributed by atoms with Crippen LogP contribution in [0.25, 0.3) is 0 Å². The van der Waals surface area contributed by atoms with Gasteiger partial charge in [-0.3, -0.25) is 0 Å². The van der Waals surface area contributed by atoms with Crippen LogP contribution in [0.1, 0.15) is 19.8 Å². The predicted octanol–water partition coefficient (Wildman–Crippen LogP) is 2.10. The zero-order chi connectivity index (χ0) is 6.57. The second-order valence-electron chi connectivity index (χ2n) is 1.74. The van der Waals surface area contributed by atoms with Gasteiger partial charge in [-0.1, -0.05) is 19.9 Å². The Kier molecular flexibility index (Phi) is 4.56. The maximum atomic E-state index is 8.84. The Bertz CT molecular complexity index is 78.6. The summed E-state index contributed by atoms with van der Waals surface area (Å²) in [6, 6.07) is 0. The minimum Gasteiger partial charge on any atom is -0.378 e. The average Bonchev–Trinajstić information content (AvgIpc) is 1.67. The summed E-state index contributed by atoms with van der Waals surface area (Å²) in [4.78, 5) is 0. The molecule has 48 valence electrons. The molecule has 1 nitrogen and oxygen atoms in total. The van der Waals surface area contributed by atoms with Gasteiger partial charge in [0.2, 0.25) is 0 Å². The lowest BCUT2D eigenvalue weighted by molar-refractivity contribution is 0.308. The smallest absolute Gasteiger partial charge is 0.126 e. The quantitative estimate of drug-likeness (QED) is 0.443. The van der Waals surface area contributed by atoms with Crippen LogP contribution in [0.15, 0.2) is 12.2 Å². The molecule has 0 aliphatic heterocycles. The summed E-state index contributed by atoms with van der Waals surface area (Å²) in [6.45, 7) is 5.76. The van der Waals surface area contributed by atoms with Gasteiger partial charge in [-0.25, -0.2) is 0 Å². The third-order valence-electron chi connectivity index (χ3n) is 0.908. The topological polar surface area (TPSA) is 20.2 Å². The number of hydrogen-bond acceptors (Lipinski definition) is 1. The fraction of sp³-hybridized carbons (Fsp3) is 0.667. The van der Waals surface area contributed by atoms with Crippen molar-refractivity contribution in [2.24, 2.45) is 0 Å². The van der Waals surface area contributed by atoms with Crippen molar-refractivity contribution in [3.05, 3.63) is 12.2 Å². The van der Waals surface area contributed by atoms with Crippen molar-refractivity contribution in [3.8, 4) is 0 Å². The van der Waals surface area contributed by atoms with Crippen LogP contribution < -0.4 is 0 Å². The van der Waals surface area contributed by atoms with Crippen molar-refractivity contribution in [3.63, 3.8) is 0 Å². The van der Waals surface area contributed by atoms with Crippen molar-refractivity contribution in [2.75, 3.05) is 0 Å². The van der Waals surface area contributed by atoms with Gasteiger partial charge in [0.05, 0.1) is 0 Å². The lowest BCUT2D eigenvalue weighted by Crippen LogP contribution is -1.97. The molecule has 0 heterocycles. The fourth-order valence-corrected chi connectivity index (χ4v) is 0.752. The molecule has 0 saturated carbocycles. The van der Waals surface area contributed by atoms with E-state index in [0.717, 1.165) is 18.4 Å². The van der Waals surface area contributed by atoms with E-state index in [2.05, 4.69) is 13.5 Å². The minimum atomic E-state index is -0.354. The number of aliphatic hydroxyl groups is 1. The normalized spacial score (nSPS) is 13.4. The minimum absolute atomic E-state index is 0.354. The number of alkyl halides is 1. The van der Waals surface area contributed by atoms with Gasteiger partial charge in [0.1, 0.15) is 4.11 Å². The van der Waals surface area contributed by atoms with Crippen molar-refractivity contribution in [1.29, 1.82) is 0 Å². The molecule has 0 amide bonds. The molecule has 8 heavy (non-hydrogen) atoms. The summed E-state index contributed by atoms with van der Waals surface area (Å²) in [5.74, 6) is 0. The van der Waals surface area contributed by atoms with E-state index in [-0.39, 0.29) is 4.11 Å². The number of halogens is 1. The van der Waals surface area contributed by atoms with E-state index >= 15 is 0 Å². The average molecular weight is 226 g/mol. The molecule has 0 aliphatic carbocycles. The maximum absolute atomic E-state index is 8.84. The Balaban J connectivity index is 3.33. The van der Waals surface area contributed by atoms with E-state index in [1.54, 1.807) is 0 Å². The number of aliphatic hydroxyl groups excluding tert-OH is 1. The van der Waals surface area contributed by atoms with E-state index in [1.165, 1.54) is 0 Å². The molecule has 0 radical (unpaired) electrons. The third kappa shape index (κ3) is 3.43. The van der Waals surface area contributed by atoms with Gasteiger partial charge in [-0.15, -0.1) is 0 Å². The highest BCUT2D eigenvalue weighted by Crippen LogP contribution is 2.12. The molecule has 0 saturated heterocycles. The Labute approximate surface area is 63.9 Å². The molecule has 0 spiro atoms. The Hall–Kier alpha value is 0.430. The molecule has 2 heteroatoms. The van der Waals surface area contributed by atoms with Crippen molar-refractivity contribution in [1.82, 2.24) is 0 Å². The zero-order valence-electron chi connectivity index (χ0n) is 5.02. The highest BCUT2D eigenvalue weighted by molar-refractivity contribution is 14.1. The first-order valence-corrected chi connectivity index (χ1v) is 3.92. The van der Waals surface area contributed by atoms with E-state index in [4.69, 9.17) is 5.11 Å². The Morgan fingerprint density at radius 3 is 2.50 bits per heavy atom. The molecule has 0 bridgehead atoms. The zero-order valence-corrected chi connectivity index (χ0v) is 7.18. The summed E-state index contributed by atoms with van der Waals surface area (Å²) in [5.41, 5.74) is 0.924. The van der Waals surface area contributed by atoms with Crippen LogP contribution in [0, 0.1) is 0 Å². The first kappa shape index (κ1) is 8.43. The van der Waals surface area contributed by atoms with Crippen LogP contribution in [0.2, 0.25) is 0 Å². The molecule has 0 aromatic carbocycles. The number of rotatable bonds is 3. The lowest BCUT2D eigenvalue weighted by atomic mass is 10.2. The second kappa shape index (κ2) is 4.32. The van der Waals surface area contributed by atoms with Crippen molar-refractivity contribution >= 4 is 22.6 Å². The van der Waals surface area contributed by atoms with Crippen molar-refractivity contribution < 1.29 is 5.11 Å². The van der Waals surface area contributed by atoms with Gasteiger partial charge in [-0.2, -0.15) is 0 Å². The van der Waals surface area contributed by atoms with Crippen LogP contribution in [-0.2, 0) is 0 Å². The number of hydrogen-bond donors (Lipinski definition) is 1. The summed E-state index contributed by atoms with van der Waals surface area (Å²) >= 11 is 1.95. The molecule has 0 rings (SSSR count). The van der Waals surface area contributed by atoms with E-state index in [1.807, 2.05) is 22.6 Å². The Morgan fingerprint density at radius 2 is 2.38 bits per heavy atom. The van der Waals surface area contributed by atoms with Crippen LogP contribution in [-0.4, -0.2) is 9.22 Å². The first-order chi connectivity index (χ1) is 3.68. The summed E-state index contributed by atoms with van der Waals surface area (Å²) in [6.07, 6.45) is 2.00. The highest BCUT2D eigenvalue weighted by Gasteiger charge is 1.99. The molecular weight excluding hydrogens is 215 g/mol. The SMILES string of the molecule is C=C(CCC)C(O)I. The predicted molar refractivity (Wildman–Crippen MR) is 44.1 cm³/mol. The summed E-state index contributed by atoms with van der Waals surface area (Å²) in [5, 5.41) is 8.84. The molecule has 0 aromatic heterocycles. The molecular formula is C6H11IO. The van der Waals surface area contributed by atoms with Gasteiger partial charge >= 0.3 is 0 Å². The molecule has 0 aromatic rings. The van der Waals surface area contributed by atoms with Gasteiger partial charge in [0, 0.05) is 0 Å². The van der Waals surface area contributed by atoms with Crippen LogP contribution in [0.5, 0.6) is 0 Å². The first-order valence-electron chi connectivity index (χ1n) is 2.68. The van der Waals surface area contributed by atoms with Crippen LogP contribution in [0.4, 0.5) is 0 Å². The van der Waals surface area contributed by atoms with Gasteiger partial charge in [0.25, 0.3) is 0 Å². The van der Waals surface area contributed by atoms with Crippen LogP contribution in [0.3, 0.4) is 0 Å². The monoisotopic (exact) mass is 226 g/mol. The molecule has 1 N–H and O–H groups in total. The largest absolute Gasteiger partial charge is 0.378 e. The fourth-order valence-electron chi connectivity index (χ4n) is 0.440. The molecule has 0 aliphatic rings. The summed E-state index contributed by atoms with van der Waals surface area (Å²) in [7, 11) is 0. The summed E-state index contributed by atoms with van der Waals surface area (Å²) < 4.78 is -0.354. The van der Waals surface area contributed by atoms with E-state index < -0.39 is 0 Å². The van der Waals surface area contributed by atoms with Gasteiger partial charge in [-0.05, 0) is 34.6 Å². The molecule has 0 fully saturated rings. The van der Waals surface area contributed by atoms with E-state index in [0.29, 0.717) is 0 Å². The van der Waals surface area contributed by atoms with Crippen molar-refractivity contribution in [2.45, 2.75) is 23.9 Å². The second-order valence-corrected chi connectivity index (χ2v) is 2.92. The molecule has 1 atom stereocenters. The lowest BCUT2D eigenvalue weighted by Gasteiger charge is -2.02. The Morgan fingerprint density at radius 1 is 1.88 bits per heavy atom. The van der Waals surface area contributed by atoms with E-state index in [9.17, 15) is 0 Å². The van der Waals surface area contributed by atoms with Crippen LogP contribution >= 0.6 is 22.6 Å². The third-order valence-corrected chi connectivity index (χ3v) is 1.79.